The largest absolute Gasteiger partial charge is 0.459 e. The van der Waals surface area contributed by atoms with Crippen LogP contribution in [-0.4, -0.2) is 68.0 Å². The number of nitrogens with one attached hydrogen (secondary N) is 1. The van der Waals surface area contributed by atoms with Crippen molar-refractivity contribution in [2.45, 2.75) is 6.54 Å². The van der Waals surface area contributed by atoms with Crippen molar-refractivity contribution in [2.24, 2.45) is 4.99 Å². The lowest BCUT2D eigenvalue weighted by Gasteiger charge is -2.36. The second-order valence-electron chi connectivity index (χ2n) is 7.20. The number of rotatable bonds is 4. The molecular weight excluding hydrogens is 493 g/mol. The summed E-state index contributed by atoms with van der Waals surface area (Å²) in [6, 6.07) is 12.1. The highest BCUT2D eigenvalue weighted by Gasteiger charge is 2.25. The number of carbonyl (C=O) groups excluding carboxylic acids is 1. The third-order valence-corrected chi connectivity index (χ3v) is 5.35. The normalized spacial score (nSPS) is 16.6. The summed E-state index contributed by atoms with van der Waals surface area (Å²) in [4.78, 5) is 23.2. The lowest BCUT2D eigenvalue weighted by atomic mass is 10.2. The molecule has 0 atom stereocenters. The Balaban J connectivity index is 0.00000256. The molecule has 1 amide bonds. The highest BCUT2D eigenvalue weighted by molar-refractivity contribution is 14.0. The van der Waals surface area contributed by atoms with Crippen LogP contribution in [0.2, 0.25) is 0 Å². The van der Waals surface area contributed by atoms with Gasteiger partial charge in [-0.1, -0.05) is 24.3 Å². The van der Waals surface area contributed by atoms with Crippen molar-refractivity contribution < 1.29 is 9.21 Å². The lowest BCUT2D eigenvalue weighted by Crippen LogP contribution is -2.53. The molecule has 0 bridgehead atoms. The summed E-state index contributed by atoms with van der Waals surface area (Å²) in [5, 5.41) is 3.46. The summed E-state index contributed by atoms with van der Waals surface area (Å²) in [6.45, 7) is 5.44. The first-order valence-electron chi connectivity index (χ1n) is 10.0. The fraction of sp³-hybridized carbons (Fsp3) is 0.364. The van der Waals surface area contributed by atoms with Crippen molar-refractivity contribution in [3.05, 3.63) is 66.1 Å². The van der Waals surface area contributed by atoms with Gasteiger partial charge < -0.3 is 24.4 Å². The number of anilines is 1. The van der Waals surface area contributed by atoms with Gasteiger partial charge in [0, 0.05) is 58.5 Å². The van der Waals surface area contributed by atoms with Gasteiger partial charge in [0.15, 0.2) is 11.7 Å². The number of amides is 1. The van der Waals surface area contributed by atoms with Crippen LogP contribution in [0, 0.1) is 0 Å². The van der Waals surface area contributed by atoms with Gasteiger partial charge in [0.25, 0.3) is 5.91 Å². The molecule has 1 fully saturated rings. The number of furan rings is 1. The molecule has 1 saturated heterocycles. The minimum Gasteiger partial charge on any atom is -0.459 e. The SMILES string of the molecule is CN=C(NCc1cccc(N2CC=CC2)c1)N1CCN(C(=O)c2ccco2)CC1.I. The second-order valence-corrected chi connectivity index (χ2v) is 7.20. The van der Waals surface area contributed by atoms with Gasteiger partial charge in [0.2, 0.25) is 0 Å². The Bertz CT molecular complexity index is 881. The van der Waals surface area contributed by atoms with E-state index in [4.69, 9.17) is 4.42 Å². The van der Waals surface area contributed by atoms with Crippen molar-refractivity contribution in [1.29, 1.82) is 0 Å². The number of carbonyl (C=O) groups is 1. The van der Waals surface area contributed by atoms with E-state index >= 15 is 0 Å². The number of halogens is 1. The Kier molecular flexibility index (Phi) is 7.78. The Morgan fingerprint density at radius 3 is 2.47 bits per heavy atom. The molecule has 2 aromatic rings. The van der Waals surface area contributed by atoms with Crippen LogP contribution in [0.1, 0.15) is 16.1 Å². The van der Waals surface area contributed by atoms with E-state index in [-0.39, 0.29) is 29.9 Å². The maximum absolute atomic E-state index is 12.4. The minimum atomic E-state index is -0.0502. The van der Waals surface area contributed by atoms with Crippen molar-refractivity contribution in [3.8, 4) is 0 Å². The Morgan fingerprint density at radius 2 is 1.80 bits per heavy atom. The van der Waals surface area contributed by atoms with Gasteiger partial charge in [-0.2, -0.15) is 0 Å². The van der Waals surface area contributed by atoms with E-state index in [1.165, 1.54) is 17.5 Å². The maximum Gasteiger partial charge on any atom is 0.289 e. The van der Waals surface area contributed by atoms with E-state index in [0.29, 0.717) is 25.4 Å². The average molecular weight is 521 g/mol. The van der Waals surface area contributed by atoms with E-state index in [1.54, 1.807) is 19.2 Å². The molecule has 0 unspecified atom stereocenters. The van der Waals surface area contributed by atoms with Crippen molar-refractivity contribution in [3.63, 3.8) is 0 Å². The fourth-order valence-corrected chi connectivity index (χ4v) is 3.74. The van der Waals surface area contributed by atoms with Crippen LogP contribution in [0.25, 0.3) is 0 Å². The number of piperazine rings is 1. The molecular formula is C22H28IN5O2. The third-order valence-electron chi connectivity index (χ3n) is 5.35. The van der Waals surface area contributed by atoms with E-state index in [2.05, 4.69) is 56.5 Å². The third kappa shape index (κ3) is 5.16. The van der Waals surface area contributed by atoms with Gasteiger partial charge in [-0.15, -0.1) is 24.0 Å². The van der Waals surface area contributed by atoms with E-state index in [0.717, 1.165) is 32.1 Å². The summed E-state index contributed by atoms with van der Waals surface area (Å²) in [6.07, 6.45) is 5.93. The van der Waals surface area contributed by atoms with Crippen LogP contribution in [0.4, 0.5) is 5.69 Å². The predicted octanol–water partition coefficient (Wildman–Crippen LogP) is 2.81. The van der Waals surface area contributed by atoms with Gasteiger partial charge in [0.1, 0.15) is 0 Å². The standard InChI is InChI=1S/C22H27N5O2.HI/c1-23-22(24-17-18-6-4-7-19(16-18)25-9-2-3-10-25)27-13-11-26(12-14-27)21(28)20-8-5-15-29-20;/h2-8,15-16H,9-14,17H2,1H3,(H,23,24);1H. The molecule has 0 saturated carbocycles. The van der Waals surface area contributed by atoms with E-state index in [9.17, 15) is 4.79 Å². The van der Waals surface area contributed by atoms with Crippen molar-refractivity contribution in [2.75, 3.05) is 51.2 Å². The Hall–Kier alpha value is -2.49. The molecule has 1 aromatic carbocycles. The molecule has 0 radical (unpaired) electrons. The summed E-state index contributed by atoms with van der Waals surface area (Å²) in [5.74, 6) is 1.21. The first kappa shape index (κ1) is 22.2. The molecule has 1 N–H and O–H groups in total. The number of guanidine groups is 1. The van der Waals surface area contributed by atoms with Gasteiger partial charge in [-0.3, -0.25) is 9.79 Å². The van der Waals surface area contributed by atoms with Crippen LogP contribution >= 0.6 is 24.0 Å². The number of benzene rings is 1. The van der Waals surface area contributed by atoms with Gasteiger partial charge >= 0.3 is 0 Å². The highest BCUT2D eigenvalue weighted by Crippen LogP contribution is 2.18. The zero-order valence-electron chi connectivity index (χ0n) is 17.2. The van der Waals surface area contributed by atoms with Gasteiger partial charge in [-0.25, -0.2) is 0 Å². The number of hydrogen-bond acceptors (Lipinski definition) is 4. The molecule has 0 aliphatic carbocycles. The van der Waals surface area contributed by atoms with Crippen LogP contribution in [-0.2, 0) is 6.54 Å². The van der Waals surface area contributed by atoms with Crippen LogP contribution in [0.5, 0.6) is 0 Å². The maximum atomic E-state index is 12.4. The molecule has 4 rings (SSSR count). The monoisotopic (exact) mass is 521 g/mol. The molecule has 2 aliphatic rings. The Labute approximate surface area is 194 Å². The molecule has 0 spiro atoms. The highest BCUT2D eigenvalue weighted by atomic mass is 127. The molecule has 7 nitrogen and oxygen atoms in total. The zero-order chi connectivity index (χ0) is 20.1. The fourth-order valence-electron chi connectivity index (χ4n) is 3.74. The lowest BCUT2D eigenvalue weighted by molar-refractivity contribution is 0.0657. The first-order valence-corrected chi connectivity index (χ1v) is 10.0. The van der Waals surface area contributed by atoms with Crippen LogP contribution in [0.3, 0.4) is 0 Å². The molecule has 8 heteroatoms. The summed E-state index contributed by atoms with van der Waals surface area (Å²) in [7, 11) is 1.80. The summed E-state index contributed by atoms with van der Waals surface area (Å²) >= 11 is 0. The van der Waals surface area contributed by atoms with Gasteiger partial charge in [0.05, 0.1) is 6.26 Å². The van der Waals surface area contributed by atoms with Gasteiger partial charge in [-0.05, 0) is 29.8 Å². The average Bonchev–Trinajstić information content (AvgIpc) is 3.49. The van der Waals surface area contributed by atoms with Crippen LogP contribution < -0.4 is 10.2 Å². The summed E-state index contributed by atoms with van der Waals surface area (Å²) in [5.41, 5.74) is 2.47. The van der Waals surface area contributed by atoms with E-state index < -0.39 is 0 Å². The van der Waals surface area contributed by atoms with E-state index in [1.807, 2.05) is 4.90 Å². The second kappa shape index (κ2) is 10.5. The van der Waals surface area contributed by atoms with Crippen LogP contribution in [0.15, 0.2) is 64.2 Å². The molecule has 3 heterocycles. The zero-order valence-corrected chi connectivity index (χ0v) is 19.5. The summed E-state index contributed by atoms with van der Waals surface area (Å²) < 4.78 is 5.23. The quantitative estimate of drug-likeness (QED) is 0.290. The topological polar surface area (TPSA) is 64.3 Å². The minimum absolute atomic E-state index is 0. The number of aliphatic imine (C=N–C) groups is 1. The molecule has 1 aromatic heterocycles. The number of nitrogens with zero attached hydrogens (tertiary/aromatic N) is 4. The number of hydrogen-bond donors (Lipinski definition) is 1. The first-order chi connectivity index (χ1) is 14.2. The predicted molar refractivity (Wildman–Crippen MR) is 130 cm³/mol. The molecule has 2 aliphatic heterocycles. The molecule has 30 heavy (non-hydrogen) atoms. The van der Waals surface area contributed by atoms with Crippen molar-refractivity contribution >= 4 is 41.5 Å². The van der Waals surface area contributed by atoms with Crippen molar-refractivity contribution in [1.82, 2.24) is 15.1 Å². The molecule has 160 valence electrons. The smallest absolute Gasteiger partial charge is 0.289 e. The Morgan fingerprint density at radius 1 is 1.07 bits per heavy atom.